The number of halogens is 6. The zero-order valence-electron chi connectivity index (χ0n) is 16.4. The SMILES string of the molecule is O=C(O)C[C@H]1CCN(Cc2cccc(C(F)(F)F)c2)[C@@H](c2ccc(C(F)(F)F)cc2)C1. The van der Waals surface area contributed by atoms with Crippen LogP contribution >= 0.6 is 0 Å². The standard InChI is InChI=1S/C22H21F6NO2/c23-21(24,25)17-6-4-16(5-7-17)19-11-14(12-20(30)31)8-9-29(19)13-15-2-1-3-18(10-15)22(26,27)28/h1-7,10,14,19H,8-9,11-13H2,(H,30,31)/t14-,19+/m0/s1. The van der Waals surface area contributed by atoms with E-state index in [0.29, 0.717) is 30.5 Å². The normalized spacial score (nSPS) is 20.6. The molecule has 0 bridgehead atoms. The van der Waals surface area contributed by atoms with Gasteiger partial charge in [0.25, 0.3) is 0 Å². The quantitative estimate of drug-likeness (QED) is 0.561. The van der Waals surface area contributed by atoms with E-state index < -0.39 is 35.5 Å². The van der Waals surface area contributed by atoms with Crippen molar-refractivity contribution in [3.05, 3.63) is 70.8 Å². The lowest BCUT2D eigenvalue weighted by Gasteiger charge is -2.39. The topological polar surface area (TPSA) is 40.5 Å². The summed E-state index contributed by atoms with van der Waals surface area (Å²) in [6.07, 6.45) is -8.07. The number of nitrogens with zero attached hydrogens (tertiary/aromatic N) is 1. The Bertz CT molecular complexity index is 907. The van der Waals surface area contributed by atoms with Gasteiger partial charge in [0.05, 0.1) is 11.1 Å². The van der Waals surface area contributed by atoms with Crippen LogP contribution in [0.5, 0.6) is 0 Å². The fourth-order valence-electron chi connectivity index (χ4n) is 4.03. The van der Waals surface area contributed by atoms with Gasteiger partial charge in [-0.3, -0.25) is 9.69 Å². The van der Waals surface area contributed by atoms with E-state index in [-0.39, 0.29) is 18.9 Å². The molecule has 3 nitrogen and oxygen atoms in total. The lowest BCUT2D eigenvalue weighted by molar-refractivity contribution is -0.139. The predicted octanol–water partition coefficient (Wildman–Crippen LogP) is 6.15. The van der Waals surface area contributed by atoms with E-state index in [1.54, 1.807) is 6.07 Å². The van der Waals surface area contributed by atoms with E-state index in [4.69, 9.17) is 5.11 Å². The van der Waals surface area contributed by atoms with E-state index >= 15 is 0 Å². The maximum atomic E-state index is 13.0. The molecule has 0 aromatic heterocycles. The summed E-state index contributed by atoms with van der Waals surface area (Å²) in [5, 5.41) is 9.11. The average molecular weight is 445 g/mol. The number of alkyl halides is 6. The lowest BCUT2D eigenvalue weighted by atomic mass is 9.84. The lowest BCUT2D eigenvalue weighted by Crippen LogP contribution is -2.37. The van der Waals surface area contributed by atoms with Crippen LogP contribution in [-0.2, 0) is 23.7 Å². The Kier molecular flexibility index (Phi) is 6.64. The molecule has 31 heavy (non-hydrogen) atoms. The first kappa shape index (κ1) is 23.1. The van der Waals surface area contributed by atoms with Crippen molar-refractivity contribution >= 4 is 5.97 Å². The summed E-state index contributed by atoms with van der Waals surface area (Å²) < 4.78 is 77.8. The van der Waals surface area contributed by atoms with Crippen LogP contribution in [0.2, 0.25) is 0 Å². The van der Waals surface area contributed by atoms with Crippen molar-refractivity contribution < 1.29 is 36.2 Å². The number of hydrogen-bond donors (Lipinski definition) is 1. The third kappa shape index (κ3) is 6.00. The summed E-state index contributed by atoms with van der Waals surface area (Å²) in [4.78, 5) is 13.0. The van der Waals surface area contributed by atoms with Gasteiger partial charge in [0, 0.05) is 19.0 Å². The molecule has 2 atom stereocenters. The molecular weight excluding hydrogens is 424 g/mol. The highest BCUT2D eigenvalue weighted by molar-refractivity contribution is 5.67. The van der Waals surface area contributed by atoms with Crippen molar-refractivity contribution in [2.24, 2.45) is 5.92 Å². The first-order valence-electron chi connectivity index (χ1n) is 9.72. The molecule has 0 aliphatic carbocycles. The molecule has 1 saturated heterocycles. The van der Waals surface area contributed by atoms with Crippen molar-refractivity contribution in [1.29, 1.82) is 0 Å². The third-order valence-electron chi connectivity index (χ3n) is 5.55. The minimum absolute atomic E-state index is 0.0610. The van der Waals surface area contributed by atoms with Gasteiger partial charge in [-0.15, -0.1) is 0 Å². The number of benzene rings is 2. The number of carboxylic acids is 1. The van der Waals surface area contributed by atoms with E-state index in [1.807, 2.05) is 4.90 Å². The Morgan fingerprint density at radius 2 is 1.61 bits per heavy atom. The Labute approximate surface area is 175 Å². The van der Waals surface area contributed by atoms with Crippen molar-refractivity contribution in [1.82, 2.24) is 4.90 Å². The predicted molar refractivity (Wildman–Crippen MR) is 101 cm³/mol. The molecule has 1 aliphatic heterocycles. The molecule has 0 spiro atoms. The van der Waals surface area contributed by atoms with Crippen molar-refractivity contribution in [2.75, 3.05) is 6.54 Å². The molecule has 0 radical (unpaired) electrons. The van der Waals surface area contributed by atoms with Crippen molar-refractivity contribution in [3.63, 3.8) is 0 Å². The summed E-state index contributed by atoms with van der Waals surface area (Å²) in [6.45, 7) is 0.606. The Morgan fingerprint density at radius 1 is 0.968 bits per heavy atom. The van der Waals surface area contributed by atoms with Crippen LogP contribution < -0.4 is 0 Å². The smallest absolute Gasteiger partial charge is 0.416 e. The van der Waals surface area contributed by atoms with Crippen molar-refractivity contribution in [3.8, 4) is 0 Å². The molecule has 3 rings (SSSR count). The molecule has 2 aromatic carbocycles. The molecule has 2 aromatic rings. The van der Waals surface area contributed by atoms with Crippen molar-refractivity contribution in [2.45, 2.75) is 44.2 Å². The van der Waals surface area contributed by atoms with Gasteiger partial charge in [-0.1, -0.05) is 30.3 Å². The molecule has 1 N–H and O–H groups in total. The highest BCUT2D eigenvalue weighted by atomic mass is 19.4. The number of rotatable bonds is 5. The Morgan fingerprint density at radius 3 is 2.19 bits per heavy atom. The van der Waals surface area contributed by atoms with Gasteiger partial charge in [-0.2, -0.15) is 26.3 Å². The summed E-state index contributed by atoms with van der Waals surface area (Å²) in [5.74, 6) is -1.12. The molecule has 1 heterocycles. The molecule has 1 aliphatic rings. The maximum absolute atomic E-state index is 13.0. The van der Waals surface area contributed by atoms with Crippen LogP contribution in [-0.4, -0.2) is 22.5 Å². The van der Waals surface area contributed by atoms with Crippen LogP contribution in [0.4, 0.5) is 26.3 Å². The number of hydrogen-bond acceptors (Lipinski definition) is 2. The minimum Gasteiger partial charge on any atom is -0.481 e. The van der Waals surface area contributed by atoms with E-state index in [9.17, 15) is 31.1 Å². The van der Waals surface area contributed by atoms with Gasteiger partial charge >= 0.3 is 18.3 Å². The van der Waals surface area contributed by atoms with Crippen LogP contribution in [0.3, 0.4) is 0 Å². The fourth-order valence-corrected chi connectivity index (χ4v) is 4.03. The van der Waals surface area contributed by atoms with Gasteiger partial charge in [0.2, 0.25) is 0 Å². The minimum atomic E-state index is -4.48. The first-order valence-corrected chi connectivity index (χ1v) is 9.72. The largest absolute Gasteiger partial charge is 0.481 e. The summed E-state index contributed by atoms with van der Waals surface area (Å²) in [5.41, 5.74) is -0.547. The van der Waals surface area contributed by atoms with Gasteiger partial charge in [0.15, 0.2) is 0 Å². The third-order valence-corrected chi connectivity index (χ3v) is 5.55. The summed E-state index contributed by atoms with van der Waals surface area (Å²) in [6, 6.07) is 9.20. The number of piperidine rings is 1. The first-order chi connectivity index (χ1) is 14.4. The van der Waals surface area contributed by atoms with E-state index in [0.717, 1.165) is 24.3 Å². The Balaban J connectivity index is 1.86. The van der Waals surface area contributed by atoms with Gasteiger partial charge < -0.3 is 5.11 Å². The van der Waals surface area contributed by atoms with Crippen LogP contribution in [0.1, 0.15) is 47.6 Å². The molecule has 168 valence electrons. The van der Waals surface area contributed by atoms with Gasteiger partial charge in [-0.05, 0) is 54.6 Å². The van der Waals surface area contributed by atoms with E-state index in [1.165, 1.54) is 18.2 Å². The molecule has 0 amide bonds. The second kappa shape index (κ2) is 8.90. The molecule has 0 unspecified atom stereocenters. The Hall–Kier alpha value is -2.55. The number of aliphatic carboxylic acids is 1. The monoisotopic (exact) mass is 445 g/mol. The fraction of sp³-hybridized carbons (Fsp3) is 0.409. The van der Waals surface area contributed by atoms with Crippen LogP contribution in [0.15, 0.2) is 48.5 Å². The van der Waals surface area contributed by atoms with Gasteiger partial charge in [-0.25, -0.2) is 0 Å². The molecule has 0 saturated carbocycles. The molecule has 9 heteroatoms. The maximum Gasteiger partial charge on any atom is 0.416 e. The van der Waals surface area contributed by atoms with Crippen LogP contribution in [0.25, 0.3) is 0 Å². The molecular formula is C22H21F6NO2. The summed E-state index contributed by atoms with van der Waals surface area (Å²) >= 11 is 0. The zero-order chi connectivity index (χ0) is 22.8. The second-order valence-corrected chi connectivity index (χ2v) is 7.79. The zero-order valence-corrected chi connectivity index (χ0v) is 16.4. The van der Waals surface area contributed by atoms with Crippen LogP contribution in [0, 0.1) is 5.92 Å². The highest BCUT2D eigenvalue weighted by Gasteiger charge is 2.34. The second-order valence-electron chi connectivity index (χ2n) is 7.79. The number of carbonyl (C=O) groups is 1. The molecule has 1 fully saturated rings. The van der Waals surface area contributed by atoms with Gasteiger partial charge in [0.1, 0.15) is 0 Å². The summed E-state index contributed by atoms with van der Waals surface area (Å²) in [7, 11) is 0. The highest BCUT2D eigenvalue weighted by Crippen LogP contribution is 2.38. The van der Waals surface area contributed by atoms with E-state index in [2.05, 4.69) is 0 Å². The number of carboxylic acid groups (broad SMARTS) is 1. The average Bonchev–Trinajstić information content (AvgIpc) is 2.68. The number of likely N-dealkylation sites (tertiary alicyclic amines) is 1.